The van der Waals surface area contributed by atoms with Gasteiger partial charge in [-0.15, -0.1) is 0 Å². The lowest BCUT2D eigenvalue weighted by molar-refractivity contribution is -0.131. The lowest BCUT2D eigenvalue weighted by Gasteiger charge is -2.47. The van der Waals surface area contributed by atoms with Gasteiger partial charge in [-0.25, -0.2) is 0 Å². The molecule has 1 N–H and O–H groups in total. The van der Waals surface area contributed by atoms with Crippen LogP contribution in [0, 0.1) is 11.3 Å². The highest BCUT2D eigenvalue weighted by Crippen LogP contribution is 2.48. The SMILES string of the molecule is CCC1(CC)C(=O)NC(C)(C)C2=C1/C=C(Cl)\C=C\CC2C. The molecular weight excluding hydrogens is 282 g/mol. The fourth-order valence-corrected chi connectivity index (χ4v) is 4.12. The molecule has 1 aliphatic heterocycles. The molecule has 3 heteroatoms. The number of carbonyl (C=O) groups excluding carboxylic acids is 1. The summed E-state index contributed by atoms with van der Waals surface area (Å²) in [6.07, 6.45) is 8.64. The highest BCUT2D eigenvalue weighted by molar-refractivity contribution is 6.31. The van der Waals surface area contributed by atoms with Crippen molar-refractivity contribution in [1.82, 2.24) is 5.32 Å². The summed E-state index contributed by atoms with van der Waals surface area (Å²) in [5, 5.41) is 3.96. The van der Waals surface area contributed by atoms with Gasteiger partial charge in [0.2, 0.25) is 5.91 Å². The van der Waals surface area contributed by atoms with Crippen LogP contribution in [0.25, 0.3) is 0 Å². The van der Waals surface area contributed by atoms with Crippen LogP contribution < -0.4 is 5.32 Å². The number of carbonyl (C=O) groups is 1. The molecule has 0 radical (unpaired) electrons. The number of hydrogen-bond donors (Lipinski definition) is 1. The van der Waals surface area contributed by atoms with Gasteiger partial charge >= 0.3 is 0 Å². The lowest BCUT2D eigenvalue weighted by atomic mass is 9.63. The molecular formula is C18H26ClNO. The standard InChI is InChI=1S/C18H26ClNO/c1-6-18(7-2)14-11-13(19)10-8-9-12(3)15(14)17(4,5)20-16(18)21/h8,10-12H,6-7,9H2,1-5H3,(H,20,21)/b10-8+,13-11+. The maximum Gasteiger partial charge on any atom is 0.231 e. The van der Waals surface area contributed by atoms with Crippen molar-refractivity contribution >= 4 is 17.5 Å². The summed E-state index contributed by atoms with van der Waals surface area (Å²) in [6, 6.07) is 0. The predicted molar refractivity (Wildman–Crippen MR) is 89.1 cm³/mol. The van der Waals surface area contributed by atoms with Gasteiger partial charge in [0.25, 0.3) is 0 Å². The minimum absolute atomic E-state index is 0.133. The molecule has 1 heterocycles. The van der Waals surface area contributed by atoms with Gasteiger partial charge in [0.05, 0.1) is 11.0 Å². The van der Waals surface area contributed by atoms with E-state index in [1.165, 1.54) is 5.57 Å². The maximum absolute atomic E-state index is 12.8. The Morgan fingerprint density at radius 3 is 2.52 bits per heavy atom. The molecule has 116 valence electrons. The molecule has 0 bridgehead atoms. The Balaban J connectivity index is 2.79. The topological polar surface area (TPSA) is 29.1 Å². The molecule has 0 saturated heterocycles. The number of halogens is 1. The molecule has 1 unspecified atom stereocenters. The Kier molecular flexibility index (Phi) is 4.39. The van der Waals surface area contributed by atoms with Crippen LogP contribution in [0.1, 0.15) is 53.9 Å². The second-order valence-electron chi connectivity index (χ2n) is 6.76. The fraction of sp³-hybridized carbons (Fsp3) is 0.611. The number of allylic oxidation sites excluding steroid dienone is 4. The zero-order valence-electron chi connectivity index (χ0n) is 13.7. The van der Waals surface area contributed by atoms with Gasteiger partial charge in [0.15, 0.2) is 0 Å². The molecule has 0 aromatic carbocycles. The summed E-state index contributed by atoms with van der Waals surface area (Å²) >= 11 is 6.35. The summed E-state index contributed by atoms with van der Waals surface area (Å²) in [5.41, 5.74) is 1.69. The molecule has 0 spiro atoms. The molecule has 0 saturated carbocycles. The first-order valence-corrected chi connectivity index (χ1v) is 8.27. The van der Waals surface area contributed by atoms with E-state index in [0.29, 0.717) is 11.0 Å². The summed E-state index contributed by atoms with van der Waals surface area (Å²) < 4.78 is 0. The van der Waals surface area contributed by atoms with Crippen molar-refractivity contribution in [2.24, 2.45) is 11.3 Å². The van der Waals surface area contributed by atoms with Gasteiger partial charge in [-0.3, -0.25) is 4.79 Å². The Labute approximate surface area is 133 Å². The summed E-state index contributed by atoms with van der Waals surface area (Å²) in [7, 11) is 0. The number of hydrogen-bond acceptors (Lipinski definition) is 1. The smallest absolute Gasteiger partial charge is 0.231 e. The van der Waals surface area contributed by atoms with Gasteiger partial charge in [0.1, 0.15) is 0 Å². The first-order chi connectivity index (χ1) is 9.78. The quantitative estimate of drug-likeness (QED) is 0.786. The van der Waals surface area contributed by atoms with E-state index in [-0.39, 0.29) is 11.4 Å². The normalized spacial score (nSPS) is 31.4. The number of rotatable bonds is 2. The second kappa shape index (κ2) is 5.64. The molecule has 21 heavy (non-hydrogen) atoms. The van der Waals surface area contributed by atoms with Gasteiger partial charge < -0.3 is 5.32 Å². The molecule has 1 aliphatic carbocycles. The Morgan fingerprint density at radius 2 is 1.95 bits per heavy atom. The number of amides is 1. The fourth-order valence-electron chi connectivity index (χ4n) is 3.93. The van der Waals surface area contributed by atoms with E-state index < -0.39 is 5.41 Å². The largest absolute Gasteiger partial charge is 0.347 e. The monoisotopic (exact) mass is 307 g/mol. The molecule has 0 fully saturated rings. The van der Waals surface area contributed by atoms with Crippen molar-refractivity contribution in [3.63, 3.8) is 0 Å². The molecule has 0 aromatic rings. The predicted octanol–water partition coefficient (Wildman–Crippen LogP) is 4.72. The first-order valence-electron chi connectivity index (χ1n) is 7.90. The molecule has 0 aromatic heterocycles. The first kappa shape index (κ1) is 16.4. The van der Waals surface area contributed by atoms with Crippen molar-refractivity contribution in [2.75, 3.05) is 0 Å². The molecule has 2 aliphatic rings. The van der Waals surface area contributed by atoms with Crippen LogP contribution in [0.15, 0.2) is 34.4 Å². The van der Waals surface area contributed by atoms with Gasteiger partial charge in [-0.2, -0.15) is 0 Å². The van der Waals surface area contributed by atoms with Crippen LogP contribution in [0.5, 0.6) is 0 Å². The maximum atomic E-state index is 12.8. The Hall–Kier alpha value is -1.02. The zero-order chi connectivity index (χ0) is 15.8. The molecule has 2 nitrogen and oxygen atoms in total. The number of nitrogens with one attached hydrogen (secondary N) is 1. The van der Waals surface area contributed by atoms with Crippen LogP contribution in [-0.2, 0) is 4.79 Å². The third kappa shape index (κ3) is 2.59. The van der Waals surface area contributed by atoms with Gasteiger partial charge in [-0.05, 0) is 62.3 Å². The van der Waals surface area contributed by atoms with E-state index in [2.05, 4.69) is 46.0 Å². The summed E-state index contributed by atoms with van der Waals surface area (Å²) in [6.45, 7) is 10.6. The minimum atomic E-state index is -0.454. The van der Waals surface area contributed by atoms with Crippen molar-refractivity contribution in [2.45, 2.75) is 59.4 Å². The Morgan fingerprint density at radius 1 is 1.33 bits per heavy atom. The van der Waals surface area contributed by atoms with Gasteiger partial charge in [-0.1, -0.05) is 38.4 Å². The van der Waals surface area contributed by atoms with Crippen molar-refractivity contribution < 1.29 is 4.79 Å². The van der Waals surface area contributed by atoms with Crippen LogP contribution in [0.2, 0.25) is 0 Å². The van der Waals surface area contributed by atoms with Crippen molar-refractivity contribution in [3.8, 4) is 0 Å². The van der Waals surface area contributed by atoms with E-state index in [9.17, 15) is 4.79 Å². The van der Waals surface area contributed by atoms with Crippen LogP contribution in [-0.4, -0.2) is 11.4 Å². The van der Waals surface area contributed by atoms with E-state index >= 15 is 0 Å². The highest BCUT2D eigenvalue weighted by atomic mass is 35.5. The summed E-state index contributed by atoms with van der Waals surface area (Å²) in [4.78, 5) is 12.8. The van der Waals surface area contributed by atoms with E-state index in [1.54, 1.807) is 0 Å². The lowest BCUT2D eigenvalue weighted by Crippen LogP contribution is -2.58. The highest BCUT2D eigenvalue weighted by Gasteiger charge is 2.48. The third-order valence-electron chi connectivity index (χ3n) is 5.09. The molecule has 1 amide bonds. The van der Waals surface area contributed by atoms with E-state index in [0.717, 1.165) is 24.8 Å². The molecule has 2 rings (SSSR count). The van der Waals surface area contributed by atoms with E-state index in [4.69, 9.17) is 11.6 Å². The summed E-state index contributed by atoms with van der Waals surface area (Å²) in [5.74, 6) is 0.527. The Bertz CT molecular complexity index is 535. The minimum Gasteiger partial charge on any atom is -0.347 e. The molecule has 1 atom stereocenters. The average Bonchev–Trinajstić information content (AvgIpc) is 2.37. The van der Waals surface area contributed by atoms with Crippen molar-refractivity contribution in [1.29, 1.82) is 0 Å². The van der Waals surface area contributed by atoms with Crippen LogP contribution >= 0.6 is 11.6 Å². The van der Waals surface area contributed by atoms with Crippen LogP contribution in [0.4, 0.5) is 0 Å². The van der Waals surface area contributed by atoms with Crippen LogP contribution in [0.3, 0.4) is 0 Å². The third-order valence-corrected chi connectivity index (χ3v) is 5.32. The van der Waals surface area contributed by atoms with Crippen molar-refractivity contribution in [3.05, 3.63) is 34.4 Å². The van der Waals surface area contributed by atoms with Gasteiger partial charge in [0, 0.05) is 5.03 Å². The second-order valence-corrected chi connectivity index (χ2v) is 7.20. The zero-order valence-corrected chi connectivity index (χ0v) is 14.5. The van der Waals surface area contributed by atoms with E-state index in [1.807, 2.05) is 12.2 Å². The average molecular weight is 308 g/mol.